The van der Waals surface area contributed by atoms with Crippen molar-refractivity contribution >= 4 is 11.6 Å². The Balaban J connectivity index is 1.72. The number of rotatable bonds is 4. The number of amides is 1. The topological polar surface area (TPSA) is 90.1 Å². The molecule has 1 amide bonds. The molecule has 0 spiro atoms. The summed E-state index contributed by atoms with van der Waals surface area (Å²) in [5, 5.41) is 17.7. The molecule has 1 aromatic heterocycles. The van der Waals surface area contributed by atoms with Crippen LogP contribution in [0.3, 0.4) is 0 Å². The Labute approximate surface area is 122 Å². The third-order valence-corrected chi connectivity index (χ3v) is 5.13. The van der Waals surface area contributed by atoms with E-state index in [2.05, 4.69) is 10.4 Å². The predicted molar refractivity (Wildman–Crippen MR) is 75.7 cm³/mol. The molecule has 0 unspecified atom stereocenters. The average Bonchev–Trinajstić information content (AvgIpc) is 3.12. The van der Waals surface area contributed by atoms with E-state index in [4.69, 9.17) is 0 Å². The quantitative estimate of drug-likeness (QED) is 0.677. The second kappa shape index (κ2) is 5.13. The van der Waals surface area contributed by atoms with Gasteiger partial charge in [-0.25, -0.2) is 0 Å². The lowest BCUT2D eigenvalue weighted by atomic mass is 9.84. The second-order valence-electron chi connectivity index (χ2n) is 6.36. The van der Waals surface area contributed by atoms with Crippen LogP contribution >= 0.6 is 0 Å². The fourth-order valence-corrected chi connectivity index (χ4v) is 4.11. The highest BCUT2D eigenvalue weighted by Crippen LogP contribution is 2.49. The minimum Gasteiger partial charge on any atom is -0.348 e. The summed E-state index contributed by atoms with van der Waals surface area (Å²) in [5.41, 5.74) is -0.217. The van der Waals surface area contributed by atoms with Gasteiger partial charge in [-0.2, -0.15) is 5.10 Å². The molecule has 4 atom stereocenters. The van der Waals surface area contributed by atoms with Gasteiger partial charge in [-0.1, -0.05) is 6.42 Å². The summed E-state index contributed by atoms with van der Waals surface area (Å²) in [6.07, 6.45) is 6.13. The zero-order valence-corrected chi connectivity index (χ0v) is 12.3. The van der Waals surface area contributed by atoms with Gasteiger partial charge in [0.05, 0.1) is 4.92 Å². The third-order valence-electron chi connectivity index (χ3n) is 5.13. The molecule has 2 saturated carbocycles. The number of hydrogen-bond acceptors (Lipinski definition) is 4. The number of nitrogens with zero attached hydrogens (tertiary/aromatic N) is 3. The molecule has 0 saturated heterocycles. The Bertz CT molecular complexity index is 583. The molecule has 0 radical (unpaired) electrons. The SMILES string of the molecule is C[C@H](NC(=O)c1c([N+](=O)[O-])cnn1C)[C@H]1C[C@@H]2CC[C@@H]1C2. The fraction of sp³-hybridized carbons (Fsp3) is 0.714. The normalized spacial score (nSPS) is 28.6. The smallest absolute Gasteiger partial charge is 0.320 e. The molecule has 21 heavy (non-hydrogen) atoms. The van der Waals surface area contributed by atoms with Gasteiger partial charge in [0.1, 0.15) is 6.20 Å². The highest BCUT2D eigenvalue weighted by molar-refractivity contribution is 5.96. The number of nitrogens with one attached hydrogen (secondary N) is 1. The van der Waals surface area contributed by atoms with Crippen LogP contribution in [0.5, 0.6) is 0 Å². The molecule has 0 aliphatic heterocycles. The van der Waals surface area contributed by atoms with E-state index in [1.54, 1.807) is 7.05 Å². The van der Waals surface area contributed by atoms with Crippen LogP contribution in [-0.2, 0) is 7.05 Å². The first-order chi connectivity index (χ1) is 9.97. The van der Waals surface area contributed by atoms with Gasteiger partial charge >= 0.3 is 5.69 Å². The Morgan fingerprint density at radius 3 is 2.86 bits per heavy atom. The summed E-state index contributed by atoms with van der Waals surface area (Å²) in [4.78, 5) is 22.7. The lowest BCUT2D eigenvalue weighted by Gasteiger charge is -2.28. The number of aryl methyl sites for hydroxylation is 1. The van der Waals surface area contributed by atoms with E-state index >= 15 is 0 Å². The standard InChI is InChI=1S/C14H20N4O3/c1-8(11-6-9-3-4-10(11)5-9)16-14(19)13-12(18(20)21)7-15-17(13)2/h7-11H,3-6H2,1-2H3,(H,16,19)/t8-,9+,10+,11+/m0/s1. The Hall–Kier alpha value is -1.92. The zero-order chi connectivity index (χ0) is 15.1. The average molecular weight is 292 g/mol. The Morgan fingerprint density at radius 2 is 2.29 bits per heavy atom. The summed E-state index contributed by atoms with van der Waals surface area (Å²) >= 11 is 0. The van der Waals surface area contributed by atoms with Crippen molar-refractivity contribution in [2.75, 3.05) is 0 Å². The number of aromatic nitrogens is 2. The number of nitro groups is 1. The molecular formula is C14H20N4O3. The summed E-state index contributed by atoms with van der Waals surface area (Å²) in [5.74, 6) is 1.61. The van der Waals surface area contributed by atoms with Gasteiger partial charge in [-0.05, 0) is 43.9 Å². The lowest BCUT2D eigenvalue weighted by molar-refractivity contribution is -0.385. The molecule has 2 aliphatic rings. The molecule has 3 rings (SSSR count). The van der Waals surface area contributed by atoms with Crippen LogP contribution < -0.4 is 5.32 Å². The third kappa shape index (κ3) is 2.41. The fourth-order valence-electron chi connectivity index (χ4n) is 4.11. The maximum absolute atomic E-state index is 12.3. The van der Waals surface area contributed by atoms with Gasteiger partial charge in [-0.15, -0.1) is 0 Å². The van der Waals surface area contributed by atoms with Gasteiger partial charge in [0.15, 0.2) is 0 Å². The minimum absolute atomic E-state index is 0.0232. The molecule has 2 fully saturated rings. The van der Waals surface area contributed by atoms with Crippen LogP contribution in [0.4, 0.5) is 5.69 Å². The van der Waals surface area contributed by atoms with Crippen molar-refractivity contribution in [3.05, 3.63) is 22.0 Å². The second-order valence-corrected chi connectivity index (χ2v) is 6.36. The number of carbonyl (C=O) groups excluding carboxylic acids is 1. The van der Waals surface area contributed by atoms with Gasteiger partial charge in [0.2, 0.25) is 5.69 Å². The molecule has 114 valence electrons. The van der Waals surface area contributed by atoms with Crippen LogP contribution in [0.25, 0.3) is 0 Å². The largest absolute Gasteiger partial charge is 0.348 e. The summed E-state index contributed by atoms with van der Waals surface area (Å²) in [7, 11) is 1.55. The van der Waals surface area contributed by atoms with Gasteiger partial charge in [0, 0.05) is 13.1 Å². The van der Waals surface area contributed by atoms with Crippen LogP contribution in [0, 0.1) is 27.9 Å². The van der Waals surface area contributed by atoms with E-state index in [-0.39, 0.29) is 17.4 Å². The van der Waals surface area contributed by atoms with Crippen LogP contribution in [-0.4, -0.2) is 26.7 Å². The van der Waals surface area contributed by atoms with E-state index in [1.807, 2.05) is 6.92 Å². The summed E-state index contributed by atoms with van der Waals surface area (Å²) in [6, 6.07) is 0.0438. The molecule has 0 aromatic carbocycles. The molecule has 1 aromatic rings. The first kappa shape index (κ1) is 14.0. The maximum Gasteiger partial charge on any atom is 0.320 e. The zero-order valence-electron chi connectivity index (χ0n) is 12.3. The molecule has 1 N–H and O–H groups in total. The molecule has 2 aliphatic carbocycles. The van der Waals surface area contributed by atoms with Crippen molar-refractivity contribution in [3.63, 3.8) is 0 Å². The molecule has 1 heterocycles. The van der Waals surface area contributed by atoms with Crippen molar-refractivity contribution < 1.29 is 9.72 Å². The van der Waals surface area contributed by atoms with Gasteiger partial charge in [0.25, 0.3) is 5.91 Å². The summed E-state index contributed by atoms with van der Waals surface area (Å²) in [6.45, 7) is 2.01. The van der Waals surface area contributed by atoms with Crippen molar-refractivity contribution in [2.24, 2.45) is 24.8 Å². The van der Waals surface area contributed by atoms with E-state index in [0.717, 1.165) is 12.1 Å². The predicted octanol–water partition coefficient (Wildman–Crippen LogP) is 1.88. The van der Waals surface area contributed by atoms with Crippen molar-refractivity contribution in [2.45, 2.75) is 38.6 Å². The Kier molecular flexibility index (Phi) is 3.43. The number of fused-ring (bicyclic) bond motifs is 2. The first-order valence-corrected chi connectivity index (χ1v) is 7.44. The first-order valence-electron chi connectivity index (χ1n) is 7.44. The molecule has 7 heteroatoms. The van der Waals surface area contributed by atoms with E-state index in [9.17, 15) is 14.9 Å². The summed E-state index contributed by atoms with van der Waals surface area (Å²) < 4.78 is 1.26. The van der Waals surface area contributed by atoms with Crippen LogP contribution in [0.15, 0.2) is 6.20 Å². The number of carbonyl (C=O) groups is 1. The maximum atomic E-state index is 12.3. The van der Waals surface area contributed by atoms with Crippen LogP contribution in [0.2, 0.25) is 0 Å². The van der Waals surface area contributed by atoms with Crippen molar-refractivity contribution in [3.8, 4) is 0 Å². The molecule has 7 nitrogen and oxygen atoms in total. The van der Waals surface area contributed by atoms with E-state index in [0.29, 0.717) is 11.8 Å². The van der Waals surface area contributed by atoms with Gasteiger partial charge < -0.3 is 5.32 Å². The molecular weight excluding hydrogens is 272 g/mol. The minimum atomic E-state index is -0.565. The van der Waals surface area contributed by atoms with E-state index < -0.39 is 10.8 Å². The lowest BCUT2D eigenvalue weighted by Crippen LogP contribution is -2.40. The highest BCUT2D eigenvalue weighted by atomic mass is 16.6. The monoisotopic (exact) mass is 292 g/mol. The molecule has 2 bridgehead atoms. The van der Waals surface area contributed by atoms with Gasteiger partial charge in [-0.3, -0.25) is 19.6 Å². The van der Waals surface area contributed by atoms with Crippen molar-refractivity contribution in [1.29, 1.82) is 0 Å². The van der Waals surface area contributed by atoms with Crippen molar-refractivity contribution in [1.82, 2.24) is 15.1 Å². The highest BCUT2D eigenvalue weighted by Gasteiger charge is 2.42. The number of hydrogen-bond donors (Lipinski definition) is 1. The van der Waals surface area contributed by atoms with Crippen LogP contribution in [0.1, 0.15) is 43.1 Å². The Morgan fingerprint density at radius 1 is 1.52 bits per heavy atom. The van der Waals surface area contributed by atoms with E-state index in [1.165, 1.54) is 30.4 Å².